The lowest BCUT2D eigenvalue weighted by Crippen LogP contribution is -2.36. The number of carbonyl (C=O) groups is 1. The van der Waals surface area contributed by atoms with Gasteiger partial charge >= 0.3 is 0 Å². The summed E-state index contributed by atoms with van der Waals surface area (Å²) in [5.41, 5.74) is 0.147. The van der Waals surface area contributed by atoms with E-state index in [0.717, 1.165) is 16.8 Å². The third kappa shape index (κ3) is 5.34. The molecule has 0 unspecified atom stereocenters. The van der Waals surface area contributed by atoms with E-state index in [1.165, 1.54) is 16.4 Å². The molecule has 0 aliphatic carbocycles. The Hall–Kier alpha value is -2.76. The summed E-state index contributed by atoms with van der Waals surface area (Å²) >= 11 is 0. The number of aromatic nitrogens is 1. The fourth-order valence-electron chi connectivity index (χ4n) is 3.50. The molecule has 1 aromatic carbocycles. The zero-order chi connectivity index (χ0) is 23.3. The number of ether oxygens (including phenoxy) is 1. The first-order valence-electron chi connectivity index (χ1n) is 10.4. The number of morpholine rings is 1. The predicted octanol–water partition coefficient (Wildman–Crippen LogP) is 1.49. The predicted molar refractivity (Wildman–Crippen MR) is 119 cm³/mol. The van der Waals surface area contributed by atoms with Crippen molar-refractivity contribution >= 4 is 27.3 Å². The molecule has 1 saturated heterocycles. The van der Waals surface area contributed by atoms with Crippen LogP contribution in [-0.4, -0.2) is 62.6 Å². The maximum Gasteiger partial charge on any atom is 0.251 e. The first-order chi connectivity index (χ1) is 15.3. The Bertz CT molecular complexity index is 1130. The molecule has 1 aliphatic heterocycles. The van der Waals surface area contributed by atoms with Gasteiger partial charge in [0.2, 0.25) is 15.9 Å². The normalized spacial score (nSPS) is 14.6. The van der Waals surface area contributed by atoms with E-state index in [1.807, 2.05) is 4.90 Å². The van der Waals surface area contributed by atoms with Crippen molar-refractivity contribution in [3.8, 4) is 0 Å². The van der Waals surface area contributed by atoms with Crippen LogP contribution in [0, 0.1) is 5.82 Å². The highest BCUT2D eigenvalue weighted by Gasteiger charge is 2.23. The topological polar surface area (TPSA) is 101 Å². The lowest BCUT2D eigenvalue weighted by Gasteiger charge is -2.29. The molecule has 32 heavy (non-hydrogen) atoms. The molecule has 174 valence electrons. The van der Waals surface area contributed by atoms with Gasteiger partial charge in [0.1, 0.15) is 12.4 Å². The highest BCUT2D eigenvalue weighted by molar-refractivity contribution is 7.89. The Balaban J connectivity index is 1.73. The highest BCUT2D eigenvalue weighted by atomic mass is 32.2. The molecule has 0 radical (unpaired) electrons. The Kier molecular flexibility index (Phi) is 7.64. The van der Waals surface area contributed by atoms with Crippen LogP contribution in [0.15, 0.2) is 46.2 Å². The summed E-state index contributed by atoms with van der Waals surface area (Å²) in [4.78, 5) is 26.4. The third-order valence-electron chi connectivity index (χ3n) is 5.20. The van der Waals surface area contributed by atoms with Crippen molar-refractivity contribution in [2.45, 2.75) is 25.3 Å². The summed E-state index contributed by atoms with van der Waals surface area (Å²) in [5.74, 6) is -1.06. The number of hydrogen-bond acceptors (Lipinski definition) is 6. The molecule has 0 atom stereocenters. The Labute approximate surface area is 186 Å². The zero-order valence-electron chi connectivity index (χ0n) is 18.1. The third-order valence-corrected chi connectivity index (χ3v) is 7.23. The van der Waals surface area contributed by atoms with Gasteiger partial charge in [-0.15, -0.1) is 0 Å². The summed E-state index contributed by atoms with van der Waals surface area (Å²) in [6, 6.07) is 6.72. The van der Waals surface area contributed by atoms with E-state index in [4.69, 9.17) is 4.74 Å². The van der Waals surface area contributed by atoms with Gasteiger partial charge in [0.15, 0.2) is 0 Å². The standard InChI is InChI=1S/C21H27FN4O5S/c1-3-26(4-2)32(29,30)17-6-8-21(28)25(14-17)15-20(27)23-16-5-7-19(18(22)13-16)24-9-11-31-12-10-24/h5-8,13-14H,3-4,9-12,15H2,1-2H3,(H,23,27). The average molecular weight is 467 g/mol. The van der Waals surface area contributed by atoms with Crippen LogP contribution in [0.2, 0.25) is 0 Å². The second-order valence-electron chi connectivity index (χ2n) is 7.23. The van der Waals surface area contributed by atoms with Crippen LogP contribution >= 0.6 is 0 Å². The minimum atomic E-state index is -3.78. The number of pyridine rings is 1. The van der Waals surface area contributed by atoms with Crippen molar-refractivity contribution in [1.29, 1.82) is 0 Å². The molecular weight excluding hydrogens is 439 g/mol. The molecule has 3 rings (SSSR count). The largest absolute Gasteiger partial charge is 0.378 e. The molecule has 1 aromatic heterocycles. The number of amides is 1. The van der Waals surface area contributed by atoms with Crippen molar-refractivity contribution in [3.63, 3.8) is 0 Å². The van der Waals surface area contributed by atoms with Gasteiger partial charge in [-0.1, -0.05) is 13.8 Å². The molecule has 11 heteroatoms. The molecule has 1 N–H and O–H groups in total. The van der Waals surface area contributed by atoms with Crippen LogP contribution < -0.4 is 15.8 Å². The number of sulfonamides is 1. The van der Waals surface area contributed by atoms with Crippen molar-refractivity contribution in [2.75, 3.05) is 49.6 Å². The molecule has 1 amide bonds. The molecule has 0 bridgehead atoms. The number of anilines is 2. The quantitative estimate of drug-likeness (QED) is 0.633. The van der Waals surface area contributed by atoms with Crippen LogP contribution in [0.4, 0.5) is 15.8 Å². The van der Waals surface area contributed by atoms with Crippen LogP contribution in [0.3, 0.4) is 0 Å². The zero-order valence-corrected chi connectivity index (χ0v) is 18.9. The smallest absolute Gasteiger partial charge is 0.251 e. The minimum Gasteiger partial charge on any atom is -0.378 e. The lowest BCUT2D eigenvalue weighted by molar-refractivity contribution is -0.116. The SMILES string of the molecule is CCN(CC)S(=O)(=O)c1ccc(=O)n(CC(=O)Nc2ccc(N3CCOCC3)c(F)c2)c1. The lowest BCUT2D eigenvalue weighted by atomic mass is 10.2. The fourth-order valence-corrected chi connectivity index (χ4v) is 4.98. The first kappa shape index (κ1) is 23.9. The molecule has 2 aromatic rings. The number of hydrogen-bond donors (Lipinski definition) is 1. The van der Waals surface area contributed by atoms with E-state index >= 15 is 0 Å². The van der Waals surface area contributed by atoms with E-state index in [2.05, 4.69) is 5.32 Å². The van der Waals surface area contributed by atoms with Crippen molar-refractivity contribution in [1.82, 2.24) is 8.87 Å². The highest BCUT2D eigenvalue weighted by Crippen LogP contribution is 2.23. The van der Waals surface area contributed by atoms with Gasteiger partial charge in [0, 0.05) is 44.1 Å². The van der Waals surface area contributed by atoms with Crippen molar-refractivity contribution < 1.29 is 22.3 Å². The summed E-state index contributed by atoms with van der Waals surface area (Å²) in [6.07, 6.45) is 1.15. The molecule has 1 fully saturated rings. The number of halogens is 1. The summed E-state index contributed by atoms with van der Waals surface area (Å²) in [5, 5.41) is 2.55. The second-order valence-corrected chi connectivity index (χ2v) is 9.17. The second kappa shape index (κ2) is 10.2. The maximum atomic E-state index is 14.5. The van der Waals surface area contributed by atoms with E-state index in [-0.39, 0.29) is 23.7 Å². The molecule has 1 aliphatic rings. The molecular formula is C21H27FN4O5S. The molecule has 9 nitrogen and oxygen atoms in total. The van der Waals surface area contributed by atoms with Crippen molar-refractivity contribution in [2.24, 2.45) is 0 Å². The maximum absolute atomic E-state index is 14.5. The summed E-state index contributed by atoms with van der Waals surface area (Å²) < 4.78 is 47.5. The number of benzene rings is 1. The summed E-state index contributed by atoms with van der Waals surface area (Å²) in [7, 11) is -3.78. The van der Waals surface area contributed by atoms with Gasteiger partial charge in [0.25, 0.3) is 5.56 Å². The van der Waals surface area contributed by atoms with E-state index in [0.29, 0.717) is 32.0 Å². The van der Waals surface area contributed by atoms with Gasteiger partial charge in [0.05, 0.1) is 23.8 Å². The van der Waals surface area contributed by atoms with Gasteiger partial charge in [-0.05, 0) is 24.3 Å². The van der Waals surface area contributed by atoms with Crippen LogP contribution in [-0.2, 0) is 26.1 Å². The Morgan fingerprint density at radius 1 is 1.16 bits per heavy atom. The summed E-state index contributed by atoms with van der Waals surface area (Å²) in [6.45, 7) is 5.80. The van der Waals surface area contributed by atoms with Crippen LogP contribution in [0.1, 0.15) is 13.8 Å². The molecule has 0 spiro atoms. The average Bonchev–Trinajstić information content (AvgIpc) is 2.76. The van der Waals surface area contributed by atoms with E-state index < -0.39 is 33.9 Å². The molecule has 2 heterocycles. The fraction of sp³-hybridized carbons (Fsp3) is 0.429. The first-order valence-corrected chi connectivity index (χ1v) is 11.8. The number of nitrogens with zero attached hydrogens (tertiary/aromatic N) is 3. The Morgan fingerprint density at radius 3 is 2.47 bits per heavy atom. The van der Waals surface area contributed by atoms with E-state index in [9.17, 15) is 22.4 Å². The molecule has 0 saturated carbocycles. The van der Waals surface area contributed by atoms with Crippen LogP contribution in [0.5, 0.6) is 0 Å². The number of nitrogens with one attached hydrogen (secondary N) is 1. The van der Waals surface area contributed by atoms with Crippen molar-refractivity contribution in [3.05, 3.63) is 52.7 Å². The van der Waals surface area contributed by atoms with Gasteiger partial charge < -0.3 is 19.5 Å². The number of rotatable bonds is 8. The minimum absolute atomic E-state index is 0.0745. The van der Waals surface area contributed by atoms with Gasteiger partial charge in [-0.2, -0.15) is 4.31 Å². The van der Waals surface area contributed by atoms with Crippen LogP contribution in [0.25, 0.3) is 0 Å². The Morgan fingerprint density at radius 2 is 1.84 bits per heavy atom. The number of carbonyl (C=O) groups excluding carboxylic acids is 1. The monoisotopic (exact) mass is 466 g/mol. The van der Waals surface area contributed by atoms with Gasteiger partial charge in [-0.3, -0.25) is 9.59 Å². The van der Waals surface area contributed by atoms with Gasteiger partial charge in [-0.25, -0.2) is 12.8 Å². The van der Waals surface area contributed by atoms with E-state index in [1.54, 1.807) is 26.0 Å².